The number of likely N-dealkylation sites (N-methyl/N-ethyl adjacent to an activating group) is 1. The Morgan fingerprint density at radius 2 is 2.07 bits per heavy atom. The zero-order valence-corrected chi connectivity index (χ0v) is 15.9. The first-order valence-corrected chi connectivity index (χ1v) is 9.11. The van der Waals surface area contributed by atoms with Gasteiger partial charge in [0.1, 0.15) is 12.0 Å². The maximum Gasteiger partial charge on any atom is 0.433 e. The molecule has 1 unspecified atom stereocenters. The minimum Gasteiger partial charge on any atom is -0.347 e. The third-order valence-electron chi connectivity index (χ3n) is 4.66. The van der Waals surface area contributed by atoms with E-state index in [0.29, 0.717) is 30.0 Å². The van der Waals surface area contributed by atoms with Crippen molar-refractivity contribution in [3.63, 3.8) is 0 Å². The van der Waals surface area contributed by atoms with E-state index in [2.05, 4.69) is 10.3 Å². The fourth-order valence-corrected chi connectivity index (χ4v) is 3.31. The number of carbonyl (C=O) groups excluding carboxylic acids is 1. The van der Waals surface area contributed by atoms with E-state index in [0.717, 1.165) is 28.8 Å². The lowest BCUT2D eigenvalue weighted by Gasteiger charge is -2.08. The molecule has 148 valence electrons. The average molecular weight is 410 g/mol. The molecule has 3 rings (SSSR count). The quantitative estimate of drug-likeness (QED) is 0.592. The number of pyridine rings is 1. The second kappa shape index (κ2) is 8.32. The minimum atomic E-state index is -4.44. The van der Waals surface area contributed by atoms with Crippen molar-refractivity contribution in [2.24, 2.45) is 0 Å². The van der Waals surface area contributed by atoms with Gasteiger partial charge in [-0.3, -0.25) is 4.98 Å². The van der Waals surface area contributed by atoms with Gasteiger partial charge in [-0.05, 0) is 55.3 Å². The molecule has 0 radical (unpaired) electrons. The summed E-state index contributed by atoms with van der Waals surface area (Å²) in [5.74, 6) is 0. The molecule has 0 spiro atoms. The molecule has 28 heavy (non-hydrogen) atoms. The molecule has 0 aliphatic rings. The van der Waals surface area contributed by atoms with Gasteiger partial charge in [0.05, 0.1) is 6.04 Å². The number of nitrogens with one attached hydrogen (secondary N) is 1. The zero-order valence-electron chi connectivity index (χ0n) is 15.1. The number of nitrogens with zero attached hydrogens (tertiary/aromatic N) is 2. The van der Waals surface area contributed by atoms with Crippen molar-refractivity contribution in [1.29, 1.82) is 0 Å². The van der Waals surface area contributed by atoms with Crippen molar-refractivity contribution >= 4 is 28.8 Å². The Labute approximate surface area is 165 Å². The molecule has 0 bridgehead atoms. The summed E-state index contributed by atoms with van der Waals surface area (Å²) in [6, 6.07) is 7.69. The molecule has 2 aromatic heterocycles. The van der Waals surface area contributed by atoms with Crippen LogP contribution in [0.3, 0.4) is 0 Å². The van der Waals surface area contributed by atoms with Crippen LogP contribution in [-0.2, 0) is 30.4 Å². The van der Waals surface area contributed by atoms with Crippen LogP contribution >= 0.6 is 11.6 Å². The summed E-state index contributed by atoms with van der Waals surface area (Å²) in [4.78, 5) is 14.7. The van der Waals surface area contributed by atoms with E-state index in [1.54, 1.807) is 13.1 Å². The van der Waals surface area contributed by atoms with Crippen molar-refractivity contribution in [3.05, 3.63) is 64.6 Å². The molecule has 1 atom stereocenters. The Balaban J connectivity index is 1.83. The fourth-order valence-electron chi connectivity index (χ4n) is 3.14. The van der Waals surface area contributed by atoms with Gasteiger partial charge in [0.25, 0.3) is 0 Å². The summed E-state index contributed by atoms with van der Waals surface area (Å²) in [6.07, 6.45) is 0.696. The topological polar surface area (TPSA) is 46.9 Å². The second-order valence-corrected chi connectivity index (χ2v) is 6.98. The number of halogens is 4. The molecule has 2 heterocycles. The largest absolute Gasteiger partial charge is 0.433 e. The van der Waals surface area contributed by atoms with E-state index < -0.39 is 11.9 Å². The van der Waals surface area contributed by atoms with Gasteiger partial charge in [-0.15, -0.1) is 0 Å². The van der Waals surface area contributed by atoms with Gasteiger partial charge in [0.15, 0.2) is 0 Å². The maximum absolute atomic E-state index is 12.6. The summed E-state index contributed by atoms with van der Waals surface area (Å²) in [5.41, 5.74) is 1.76. The Bertz CT molecular complexity index is 967. The highest BCUT2D eigenvalue weighted by molar-refractivity contribution is 6.31. The lowest BCUT2D eigenvalue weighted by molar-refractivity contribution is -0.141. The normalized spacial score (nSPS) is 13.0. The third kappa shape index (κ3) is 4.54. The van der Waals surface area contributed by atoms with Gasteiger partial charge < -0.3 is 14.7 Å². The van der Waals surface area contributed by atoms with E-state index in [1.807, 2.05) is 22.9 Å². The first-order chi connectivity index (χ1) is 13.3. The predicted octanol–water partition coefficient (Wildman–Crippen LogP) is 4.28. The highest BCUT2D eigenvalue weighted by Crippen LogP contribution is 2.28. The van der Waals surface area contributed by atoms with Crippen molar-refractivity contribution < 1.29 is 18.0 Å². The molecule has 0 fully saturated rings. The molecule has 8 heteroatoms. The van der Waals surface area contributed by atoms with E-state index >= 15 is 0 Å². The average Bonchev–Trinajstić information content (AvgIpc) is 3.00. The summed E-state index contributed by atoms with van der Waals surface area (Å²) in [7, 11) is 1.73. The monoisotopic (exact) mass is 409 g/mol. The molecule has 1 N–H and O–H groups in total. The number of aldehydes is 1. The highest BCUT2D eigenvalue weighted by Gasteiger charge is 2.31. The van der Waals surface area contributed by atoms with Gasteiger partial charge >= 0.3 is 6.18 Å². The van der Waals surface area contributed by atoms with Crippen LogP contribution in [0.15, 0.2) is 42.7 Å². The lowest BCUT2D eigenvalue weighted by Crippen LogP contribution is -2.28. The number of hydrogen-bond acceptors (Lipinski definition) is 3. The van der Waals surface area contributed by atoms with Crippen molar-refractivity contribution in [2.75, 3.05) is 7.05 Å². The van der Waals surface area contributed by atoms with Crippen LogP contribution in [0.5, 0.6) is 0 Å². The van der Waals surface area contributed by atoms with E-state index in [-0.39, 0.29) is 6.04 Å². The van der Waals surface area contributed by atoms with Crippen molar-refractivity contribution in [3.8, 4) is 0 Å². The molecule has 0 saturated carbocycles. The number of aryl methyl sites for hydroxylation is 2. The predicted molar refractivity (Wildman–Crippen MR) is 103 cm³/mol. The number of rotatable bonds is 7. The molecule has 3 aromatic rings. The zero-order chi connectivity index (χ0) is 20.3. The molecule has 4 nitrogen and oxygen atoms in total. The Morgan fingerprint density at radius 3 is 2.68 bits per heavy atom. The van der Waals surface area contributed by atoms with Gasteiger partial charge in [-0.2, -0.15) is 13.2 Å². The lowest BCUT2D eigenvalue weighted by atomic mass is 10.1. The van der Waals surface area contributed by atoms with E-state index in [1.165, 1.54) is 12.3 Å². The van der Waals surface area contributed by atoms with Crippen LogP contribution in [0, 0.1) is 0 Å². The molecule has 0 aliphatic heterocycles. The van der Waals surface area contributed by atoms with E-state index in [4.69, 9.17) is 11.6 Å². The first kappa shape index (κ1) is 20.4. The molecule has 0 aliphatic carbocycles. The fraction of sp³-hybridized carbons (Fsp3) is 0.300. The Hall–Kier alpha value is -2.38. The van der Waals surface area contributed by atoms with Crippen LogP contribution in [0.2, 0.25) is 5.02 Å². The number of hydrogen-bond donors (Lipinski definition) is 1. The Morgan fingerprint density at radius 1 is 1.29 bits per heavy atom. The SMILES string of the molecule is CNC(C=O)Cc1cn(CCc2ccc(C(F)(F)F)nc2)c2ccc(Cl)cc12. The van der Waals surface area contributed by atoms with Gasteiger partial charge in [0.2, 0.25) is 0 Å². The van der Waals surface area contributed by atoms with Crippen LogP contribution in [0.1, 0.15) is 16.8 Å². The molecule has 1 aromatic carbocycles. The minimum absolute atomic E-state index is 0.308. The smallest absolute Gasteiger partial charge is 0.347 e. The summed E-state index contributed by atoms with van der Waals surface area (Å²) >= 11 is 6.13. The highest BCUT2D eigenvalue weighted by atomic mass is 35.5. The number of benzene rings is 1. The summed E-state index contributed by atoms with van der Waals surface area (Å²) in [6.45, 7) is 0.566. The maximum atomic E-state index is 12.6. The third-order valence-corrected chi connectivity index (χ3v) is 4.89. The molecular formula is C20H19ClF3N3O. The first-order valence-electron chi connectivity index (χ1n) is 8.73. The van der Waals surface area contributed by atoms with Crippen LogP contribution in [0.25, 0.3) is 10.9 Å². The molecule has 0 amide bonds. The van der Waals surface area contributed by atoms with Crippen LogP contribution < -0.4 is 5.32 Å². The van der Waals surface area contributed by atoms with Crippen molar-refractivity contribution in [2.45, 2.75) is 31.6 Å². The second-order valence-electron chi connectivity index (χ2n) is 6.54. The van der Waals surface area contributed by atoms with Crippen LogP contribution in [0.4, 0.5) is 13.2 Å². The van der Waals surface area contributed by atoms with Gasteiger partial charge in [0, 0.05) is 34.9 Å². The van der Waals surface area contributed by atoms with Gasteiger partial charge in [-0.1, -0.05) is 17.7 Å². The number of fused-ring (bicyclic) bond motifs is 1. The molecular weight excluding hydrogens is 391 g/mol. The Kier molecular flexibility index (Phi) is 6.05. The number of aromatic nitrogens is 2. The standard InChI is InChI=1S/C20H19ClF3N3O/c1-25-16(12-28)8-14-11-27(18-4-3-15(21)9-17(14)18)7-6-13-2-5-19(26-10-13)20(22,23)24/h2-5,9-12,16,25H,6-8H2,1H3. The van der Waals surface area contributed by atoms with E-state index in [9.17, 15) is 18.0 Å². The van der Waals surface area contributed by atoms with Crippen LogP contribution in [-0.4, -0.2) is 28.9 Å². The van der Waals surface area contributed by atoms with Crippen molar-refractivity contribution in [1.82, 2.24) is 14.9 Å². The summed E-state index contributed by atoms with van der Waals surface area (Å²) in [5, 5.41) is 4.51. The number of carbonyl (C=O) groups is 1. The summed E-state index contributed by atoms with van der Waals surface area (Å²) < 4.78 is 39.9. The van der Waals surface area contributed by atoms with Gasteiger partial charge in [-0.25, -0.2) is 0 Å². The molecule has 0 saturated heterocycles. The number of alkyl halides is 3.